The Bertz CT molecular complexity index is 1280. The molecule has 1 aliphatic rings. The number of rotatable bonds is 10. The summed E-state index contributed by atoms with van der Waals surface area (Å²) in [5, 5.41) is 0.686. The fourth-order valence-corrected chi connectivity index (χ4v) is 4.63. The third-order valence-corrected chi connectivity index (χ3v) is 6.28. The molecule has 0 spiro atoms. The topological polar surface area (TPSA) is 117 Å². The standard InChI is InChI=1S/C25H29F3N6O3/c1-15(2)22(23(29)36)34(14-25(26,27)28)17-8-16(10-30-11-17)20-13-32-24-19(20)9-18(12-31-24)37-7-6-33-5-3-4-21(33)35/h8-13,15,22H,3-7,14H2,1-2H3,(H2,29,36)(H,31,32)/t22-/m0/s1. The Balaban J connectivity index is 1.62. The highest BCUT2D eigenvalue weighted by atomic mass is 19.4. The van der Waals surface area contributed by atoms with Crippen molar-refractivity contribution in [2.24, 2.45) is 11.7 Å². The van der Waals surface area contributed by atoms with Gasteiger partial charge in [-0.15, -0.1) is 0 Å². The highest BCUT2D eigenvalue weighted by Crippen LogP contribution is 2.33. The molecule has 0 unspecified atom stereocenters. The molecule has 0 aliphatic carbocycles. The number of H-pyrrole nitrogens is 1. The van der Waals surface area contributed by atoms with Gasteiger partial charge < -0.3 is 25.3 Å². The van der Waals surface area contributed by atoms with E-state index in [1.165, 1.54) is 12.4 Å². The summed E-state index contributed by atoms with van der Waals surface area (Å²) in [6, 6.07) is 2.15. The van der Waals surface area contributed by atoms with E-state index in [0.717, 1.165) is 17.9 Å². The van der Waals surface area contributed by atoms with Crippen molar-refractivity contribution in [3.63, 3.8) is 0 Å². The molecule has 1 saturated heterocycles. The summed E-state index contributed by atoms with van der Waals surface area (Å²) in [5.74, 6) is -0.695. The minimum Gasteiger partial charge on any atom is -0.490 e. The highest BCUT2D eigenvalue weighted by Gasteiger charge is 2.37. The van der Waals surface area contributed by atoms with Crippen LogP contribution in [0.2, 0.25) is 0 Å². The number of likely N-dealkylation sites (tertiary alicyclic amines) is 1. The van der Waals surface area contributed by atoms with Crippen LogP contribution in [0.4, 0.5) is 18.9 Å². The number of halogens is 3. The molecule has 0 saturated carbocycles. The number of aromatic amines is 1. The second-order valence-electron chi connectivity index (χ2n) is 9.37. The van der Waals surface area contributed by atoms with Gasteiger partial charge in [0, 0.05) is 41.9 Å². The molecule has 2 amide bonds. The molecule has 12 heteroatoms. The van der Waals surface area contributed by atoms with Gasteiger partial charge in [0.1, 0.15) is 30.6 Å². The van der Waals surface area contributed by atoms with Crippen molar-refractivity contribution in [2.75, 3.05) is 31.1 Å². The SMILES string of the molecule is CC(C)[C@@H](C(N)=O)N(CC(F)(F)F)c1cncc(-c2c[nH]c3ncc(OCCN4CCCC4=O)cc23)c1. The van der Waals surface area contributed by atoms with Gasteiger partial charge in [-0.2, -0.15) is 13.2 Å². The zero-order valence-electron chi connectivity index (χ0n) is 20.6. The lowest BCUT2D eigenvalue weighted by atomic mass is 10.0. The number of hydrogen-bond acceptors (Lipinski definition) is 6. The molecule has 0 bridgehead atoms. The number of nitrogens with zero attached hydrogens (tertiary/aromatic N) is 4. The predicted octanol–water partition coefficient (Wildman–Crippen LogP) is 3.50. The van der Waals surface area contributed by atoms with Gasteiger partial charge in [0.25, 0.3) is 0 Å². The van der Waals surface area contributed by atoms with Crippen LogP contribution in [-0.4, -0.2) is 70.1 Å². The summed E-state index contributed by atoms with van der Waals surface area (Å²) in [6.45, 7) is 3.45. The molecule has 3 N–H and O–H groups in total. The Morgan fingerprint density at radius 3 is 2.70 bits per heavy atom. The number of alkyl halides is 3. The van der Waals surface area contributed by atoms with Crippen molar-refractivity contribution >= 4 is 28.5 Å². The number of pyridine rings is 2. The largest absolute Gasteiger partial charge is 0.490 e. The van der Waals surface area contributed by atoms with E-state index in [4.69, 9.17) is 10.5 Å². The van der Waals surface area contributed by atoms with Crippen LogP contribution >= 0.6 is 0 Å². The van der Waals surface area contributed by atoms with Gasteiger partial charge in [-0.25, -0.2) is 4.98 Å². The van der Waals surface area contributed by atoms with Crippen LogP contribution in [0.15, 0.2) is 36.9 Å². The number of carbonyl (C=O) groups is 2. The molecular formula is C25H29F3N6O3. The summed E-state index contributed by atoms with van der Waals surface area (Å²) < 4.78 is 46.2. The summed E-state index contributed by atoms with van der Waals surface area (Å²) in [7, 11) is 0. The van der Waals surface area contributed by atoms with E-state index in [-0.39, 0.29) is 11.6 Å². The van der Waals surface area contributed by atoms with Gasteiger partial charge in [-0.1, -0.05) is 13.8 Å². The molecule has 198 valence electrons. The number of ether oxygens (including phenoxy) is 1. The Hall–Kier alpha value is -3.83. The smallest absolute Gasteiger partial charge is 0.405 e. The van der Waals surface area contributed by atoms with E-state index in [2.05, 4.69) is 15.0 Å². The molecule has 4 rings (SSSR count). The molecule has 1 fully saturated rings. The van der Waals surface area contributed by atoms with E-state index in [0.29, 0.717) is 47.5 Å². The number of anilines is 1. The van der Waals surface area contributed by atoms with E-state index in [1.54, 1.807) is 43.3 Å². The maximum atomic E-state index is 13.5. The van der Waals surface area contributed by atoms with Gasteiger partial charge >= 0.3 is 6.18 Å². The average Bonchev–Trinajstić information content (AvgIpc) is 3.43. The minimum atomic E-state index is -4.56. The van der Waals surface area contributed by atoms with E-state index in [9.17, 15) is 22.8 Å². The van der Waals surface area contributed by atoms with Gasteiger partial charge in [0.15, 0.2) is 0 Å². The number of primary amides is 1. The predicted molar refractivity (Wildman–Crippen MR) is 132 cm³/mol. The number of aromatic nitrogens is 3. The molecule has 0 aromatic carbocycles. The average molecular weight is 519 g/mol. The van der Waals surface area contributed by atoms with Crippen molar-refractivity contribution in [1.82, 2.24) is 19.9 Å². The van der Waals surface area contributed by atoms with Crippen LogP contribution in [0.25, 0.3) is 22.2 Å². The van der Waals surface area contributed by atoms with Crippen LogP contribution in [0.3, 0.4) is 0 Å². The first-order valence-electron chi connectivity index (χ1n) is 12.0. The normalized spacial score (nSPS) is 15.0. The molecule has 0 radical (unpaired) electrons. The Morgan fingerprint density at radius 2 is 2.05 bits per heavy atom. The number of nitrogens with one attached hydrogen (secondary N) is 1. The molecule has 3 aromatic rings. The van der Waals surface area contributed by atoms with E-state index >= 15 is 0 Å². The first-order chi connectivity index (χ1) is 17.5. The lowest BCUT2D eigenvalue weighted by molar-refractivity contribution is -0.128. The minimum absolute atomic E-state index is 0.119. The Labute approximate surface area is 211 Å². The van der Waals surface area contributed by atoms with Crippen LogP contribution in [0, 0.1) is 5.92 Å². The molecule has 1 atom stereocenters. The summed E-state index contributed by atoms with van der Waals surface area (Å²) >= 11 is 0. The van der Waals surface area contributed by atoms with Crippen LogP contribution in [-0.2, 0) is 9.59 Å². The molecule has 3 aromatic heterocycles. The first-order valence-corrected chi connectivity index (χ1v) is 12.0. The van der Waals surface area contributed by atoms with Crippen molar-refractivity contribution in [1.29, 1.82) is 0 Å². The van der Waals surface area contributed by atoms with Crippen molar-refractivity contribution in [3.8, 4) is 16.9 Å². The second kappa shape index (κ2) is 10.7. The zero-order valence-corrected chi connectivity index (χ0v) is 20.6. The lowest BCUT2D eigenvalue weighted by Crippen LogP contribution is -2.51. The molecule has 37 heavy (non-hydrogen) atoms. The number of nitrogens with two attached hydrogens (primary N) is 1. The monoisotopic (exact) mass is 518 g/mol. The Morgan fingerprint density at radius 1 is 1.27 bits per heavy atom. The third kappa shape index (κ3) is 6.12. The number of amides is 2. The fourth-order valence-electron chi connectivity index (χ4n) is 4.63. The van der Waals surface area contributed by atoms with Gasteiger partial charge in [0.2, 0.25) is 11.8 Å². The van der Waals surface area contributed by atoms with Gasteiger partial charge in [-0.3, -0.25) is 14.6 Å². The van der Waals surface area contributed by atoms with Crippen LogP contribution in [0.5, 0.6) is 5.75 Å². The molecule has 1 aliphatic heterocycles. The number of carbonyl (C=O) groups excluding carboxylic acids is 2. The molecular weight excluding hydrogens is 489 g/mol. The maximum Gasteiger partial charge on any atom is 0.405 e. The quantitative estimate of drug-likeness (QED) is 0.424. The van der Waals surface area contributed by atoms with Crippen molar-refractivity contribution in [3.05, 3.63) is 36.9 Å². The second-order valence-corrected chi connectivity index (χ2v) is 9.37. The first kappa shape index (κ1) is 26.2. The number of hydrogen-bond donors (Lipinski definition) is 2. The van der Waals surface area contributed by atoms with Gasteiger partial charge in [0.05, 0.1) is 24.6 Å². The zero-order chi connectivity index (χ0) is 26.7. The summed E-state index contributed by atoms with van der Waals surface area (Å²) in [4.78, 5) is 38.2. The molecule has 4 heterocycles. The van der Waals surface area contributed by atoms with Crippen LogP contribution in [0.1, 0.15) is 26.7 Å². The molecule has 9 nitrogen and oxygen atoms in total. The van der Waals surface area contributed by atoms with E-state index in [1.807, 2.05) is 0 Å². The number of fused-ring (bicyclic) bond motifs is 1. The van der Waals surface area contributed by atoms with Crippen LogP contribution < -0.4 is 15.4 Å². The Kier molecular flexibility index (Phi) is 7.55. The summed E-state index contributed by atoms with van der Waals surface area (Å²) in [5.41, 5.74) is 7.36. The van der Waals surface area contributed by atoms with Crippen molar-refractivity contribution in [2.45, 2.75) is 38.9 Å². The van der Waals surface area contributed by atoms with Gasteiger partial charge in [-0.05, 0) is 24.5 Å². The lowest BCUT2D eigenvalue weighted by Gasteiger charge is -2.34. The summed E-state index contributed by atoms with van der Waals surface area (Å²) in [6.07, 6.45) is 2.92. The third-order valence-electron chi connectivity index (χ3n) is 6.28. The highest BCUT2D eigenvalue weighted by molar-refractivity contribution is 5.94. The van der Waals surface area contributed by atoms with E-state index < -0.39 is 30.6 Å². The van der Waals surface area contributed by atoms with Crippen molar-refractivity contribution < 1.29 is 27.5 Å². The fraction of sp³-hybridized carbons (Fsp3) is 0.440. The maximum absolute atomic E-state index is 13.5.